The van der Waals surface area contributed by atoms with Crippen LogP contribution in [-0.2, 0) is 5.88 Å². The van der Waals surface area contributed by atoms with E-state index in [9.17, 15) is 4.39 Å². The van der Waals surface area contributed by atoms with E-state index in [2.05, 4.69) is 4.98 Å². The van der Waals surface area contributed by atoms with Gasteiger partial charge >= 0.3 is 0 Å². The molecule has 0 aliphatic rings. The molecule has 0 atom stereocenters. The van der Waals surface area contributed by atoms with Crippen molar-refractivity contribution in [3.63, 3.8) is 0 Å². The van der Waals surface area contributed by atoms with Crippen molar-refractivity contribution in [2.24, 2.45) is 0 Å². The van der Waals surface area contributed by atoms with E-state index in [-0.39, 0.29) is 11.7 Å². The molecule has 1 heterocycles. The van der Waals surface area contributed by atoms with Gasteiger partial charge in [-0.15, -0.1) is 11.6 Å². The van der Waals surface area contributed by atoms with Gasteiger partial charge < -0.3 is 4.42 Å². The molecule has 0 saturated heterocycles. The molecule has 0 fully saturated rings. The summed E-state index contributed by atoms with van der Waals surface area (Å²) in [4.78, 5) is 3.92. The first-order chi connectivity index (χ1) is 7.22. The molecular weight excluding hydrogens is 217 g/mol. The van der Waals surface area contributed by atoms with Crippen LogP contribution in [0.4, 0.5) is 4.39 Å². The molecule has 2 aromatic rings. The number of oxazole rings is 1. The first-order valence-corrected chi connectivity index (χ1v) is 5.02. The zero-order valence-corrected chi connectivity index (χ0v) is 8.88. The highest BCUT2D eigenvalue weighted by atomic mass is 35.5. The molecule has 0 saturated carbocycles. The normalized spacial score (nSPS) is 10.6. The second-order valence-corrected chi connectivity index (χ2v) is 3.46. The molecule has 0 spiro atoms. The van der Waals surface area contributed by atoms with E-state index in [1.807, 2.05) is 0 Å². The van der Waals surface area contributed by atoms with E-state index in [0.29, 0.717) is 22.8 Å². The molecule has 2 nitrogen and oxygen atoms in total. The Morgan fingerprint density at radius 3 is 2.93 bits per heavy atom. The Morgan fingerprint density at radius 1 is 1.47 bits per heavy atom. The van der Waals surface area contributed by atoms with Gasteiger partial charge in [0.15, 0.2) is 5.76 Å². The zero-order valence-electron chi connectivity index (χ0n) is 8.13. The van der Waals surface area contributed by atoms with Crippen molar-refractivity contribution >= 4 is 11.6 Å². The number of hydrogen-bond acceptors (Lipinski definition) is 2. The number of halogens is 2. The smallest absolute Gasteiger partial charge is 0.209 e. The number of benzene rings is 1. The molecule has 78 valence electrons. The maximum absolute atomic E-state index is 13.7. The summed E-state index contributed by atoms with van der Waals surface area (Å²) >= 11 is 5.55. The lowest BCUT2D eigenvalue weighted by atomic mass is 10.1. The molecule has 0 N–H and O–H groups in total. The van der Waals surface area contributed by atoms with Crippen LogP contribution in [0.1, 0.15) is 11.5 Å². The number of aromatic nitrogens is 1. The number of aryl methyl sites for hydroxylation is 1. The Bertz CT molecular complexity index is 481. The fourth-order valence-corrected chi connectivity index (χ4v) is 1.46. The predicted octanol–water partition coefficient (Wildman–Crippen LogP) is 3.53. The van der Waals surface area contributed by atoms with Crippen LogP contribution in [0, 0.1) is 12.7 Å². The summed E-state index contributed by atoms with van der Waals surface area (Å²) < 4.78 is 19.0. The highest BCUT2D eigenvalue weighted by molar-refractivity contribution is 6.16. The van der Waals surface area contributed by atoms with Gasteiger partial charge in [-0.3, -0.25) is 0 Å². The monoisotopic (exact) mass is 225 g/mol. The number of rotatable bonds is 2. The van der Waals surface area contributed by atoms with Crippen LogP contribution in [0.5, 0.6) is 0 Å². The quantitative estimate of drug-likeness (QED) is 0.731. The minimum Gasteiger partial charge on any atom is -0.439 e. The SMILES string of the molecule is Cc1cccc(-c2cnc(CCl)o2)c1F. The maximum Gasteiger partial charge on any atom is 0.209 e. The molecule has 0 bridgehead atoms. The summed E-state index contributed by atoms with van der Waals surface area (Å²) in [6, 6.07) is 5.13. The average molecular weight is 226 g/mol. The van der Waals surface area contributed by atoms with Crippen LogP contribution in [0.3, 0.4) is 0 Å². The molecule has 15 heavy (non-hydrogen) atoms. The second-order valence-electron chi connectivity index (χ2n) is 3.19. The molecule has 1 aromatic carbocycles. The summed E-state index contributed by atoms with van der Waals surface area (Å²) in [7, 11) is 0. The van der Waals surface area contributed by atoms with Crippen molar-refractivity contribution in [1.82, 2.24) is 4.98 Å². The summed E-state index contributed by atoms with van der Waals surface area (Å²) in [5.74, 6) is 0.710. The minimum absolute atomic E-state index is 0.188. The van der Waals surface area contributed by atoms with Crippen molar-refractivity contribution < 1.29 is 8.81 Å². The minimum atomic E-state index is -0.283. The first kappa shape index (κ1) is 10.2. The number of hydrogen-bond donors (Lipinski definition) is 0. The Hall–Kier alpha value is -1.35. The lowest BCUT2D eigenvalue weighted by Crippen LogP contribution is -1.86. The van der Waals surface area contributed by atoms with Gasteiger partial charge in [-0.25, -0.2) is 9.37 Å². The van der Waals surface area contributed by atoms with Gasteiger partial charge in [-0.2, -0.15) is 0 Å². The summed E-state index contributed by atoms with van der Waals surface area (Å²) in [5, 5.41) is 0. The summed E-state index contributed by atoms with van der Waals surface area (Å²) in [6.07, 6.45) is 1.48. The van der Waals surface area contributed by atoms with Crippen molar-refractivity contribution in [1.29, 1.82) is 0 Å². The lowest BCUT2D eigenvalue weighted by Gasteiger charge is -2.01. The molecule has 2 rings (SSSR count). The van der Waals surface area contributed by atoms with Crippen molar-refractivity contribution in [2.75, 3.05) is 0 Å². The molecule has 0 unspecified atom stereocenters. The summed E-state index contributed by atoms with van der Waals surface area (Å²) in [5.41, 5.74) is 0.996. The average Bonchev–Trinajstić information content (AvgIpc) is 2.70. The molecule has 4 heteroatoms. The van der Waals surface area contributed by atoms with E-state index < -0.39 is 0 Å². The van der Waals surface area contributed by atoms with Gasteiger partial charge in [0, 0.05) is 0 Å². The number of alkyl halides is 1. The van der Waals surface area contributed by atoms with E-state index in [1.54, 1.807) is 25.1 Å². The lowest BCUT2D eigenvalue weighted by molar-refractivity contribution is 0.522. The third kappa shape index (κ3) is 1.88. The molecule has 0 aliphatic heterocycles. The van der Waals surface area contributed by atoms with Gasteiger partial charge in [0.2, 0.25) is 5.89 Å². The topological polar surface area (TPSA) is 26.0 Å². The van der Waals surface area contributed by atoms with Crippen molar-refractivity contribution in [2.45, 2.75) is 12.8 Å². The third-order valence-corrected chi connectivity index (χ3v) is 2.35. The first-order valence-electron chi connectivity index (χ1n) is 4.48. The Kier molecular flexibility index (Phi) is 2.73. The fourth-order valence-electron chi connectivity index (χ4n) is 1.33. The van der Waals surface area contributed by atoms with E-state index in [0.717, 1.165) is 0 Å². The Morgan fingerprint density at radius 2 is 2.27 bits per heavy atom. The van der Waals surface area contributed by atoms with Gasteiger partial charge in [0.05, 0.1) is 17.6 Å². The van der Waals surface area contributed by atoms with Crippen LogP contribution in [0.2, 0.25) is 0 Å². The molecule has 1 aromatic heterocycles. The van der Waals surface area contributed by atoms with Crippen LogP contribution >= 0.6 is 11.6 Å². The van der Waals surface area contributed by atoms with Crippen molar-refractivity contribution in [3.05, 3.63) is 41.7 Å². The van der Waals surface area contributed by atoms with E-state index in [1.165, 1.54) is 6.20 Å². The molecule has 0 radical (unpaired) electrons. The Labute approximate surface area is 91.7 Å². The van der Waals surface area contributed by atoms with Gasteiger partial charge in [0.25, 0.3) is 0 Å². The second kappa shape index (κ2) is 4.03. The molecule has 0 aliphatic carbocycles. The summed E-state index contributed by atoms with van der Waals surface area (Å²) in [6.45, 7) is 1.71. The van der Waals surface area contributed by atoms with Crippen molar-refractivity contribution in [3.8, 4) is 11.3 Å². The Balaban J connectivity index is 2.49. The van der Waals surface area contributed by atoms with Crippen LogP contribution in [-0.4, -0.2) is 4.98 Å². The fraction of sp³-hybridized carbons (Fsp3) is 0.182. The van der Waals surface area contributed by atoms with E-state index >= 15 is 0 Å². The van der Waals surface area contributed by atoms with Crippen LogP contribution < -0.4 is 0 Å². The maximum atomic E-state index is 13.7. The highest BCUT2D eigenvalue weighted by Gasteiger charge is 2.11. The van der Waals surface area contributed by atoms with Gasteiger partial charge in [0.1, 0.15) is 5.82 Å². The molecular formula is C11H9ClFNO. The largest absolute Gasteiger partial charge is 0.439 e. The van der Waals surface area contributed by atoms with E-state index in [4.69, 9.17) is 16.0 Å². The third-order valence-electron chi connectivity index (χ3n) is 2.13. The zero-order chi connectivity index (χ0) is 10.8. The predicted molar refractivity (Wildman–Crippen MR) is 56.2 cm³/mol. The van der Waals surface area contributed by atoms with Crippen LogP contribution in [0.15, 0.2) is 28.8 Å². The standard InChI is InChI=1S/C11H9ClFNO/c1-7-3-2-4-8(11(7)13)9-6-14-10(5-12)15-9/h2-4,6H,5H2,1H3. The number of nitrogens with zero attached hydrogens (tertiary/aromatic N) is 1. The van der Waals surface area contributed by atoms with Crippen LogP contribution in [0.25, 0.3) is 11.3 Å². The molecule has 0 amide bonds. The highest BCUT2D eigenvalue weighted by Crippen LogP contribution is 2.25. The van der Waals surface area contributed by atoms with Gasteiger partial charge in [-0.1, -0.05) is 12.1 Å². The van der Waals surface area contributed by atoms with Gasteiger partial charge in [-0.05, 0) is 18.6 Å².